The minimum Gasteiger partial charge on any atom is -0.320 e. The molecule has 0 fully saturated rings. The fraction of sp³-hybridized carbons (Fsp3) is 0.273. The van der Waals surface area contributed by atoms with Gasteiger partial charge in [0, 0.05) is 41.6 Å². The van der Waals surface area contributed by atoms with Gasteiger partial charge in [0.25, 0.3) is 5.91 Å². The van der Waals surface area contributed by atoms with Gasteiger partial charge in [0.2, 0.25) is 0 Å². The topological polar surface area (TPSA) is 45.2 Å². The maximum atomic E-state index is 12.5. The van der Waals surface area contributed by atoms with Gasteiger partial charge in [-0.05, 0) is 42.7 Å². The molecule has 1 aromatic heterocycles. The largest absolute Gasteiger partial charge is 0.320 e. The van der Waals surface area contributed by atoms with Crippen LogP contribution in [0.1, 0.15) is 25.9 Å². The van der Waals surface area contributed by atoms with Crippen LogP contribution in [0.25, 0.3) is 0 Å². The summed E-state index contributed by atoms with van der Waals surface area (Å²) >= 11 is 7.41. The first kappa shape index (κ1) is 19.1. The third-order valence-corrected chi connectivity index (χ3v) is 6.36. The van der Waals surface area contributed by atoms with Crippen LogP contribution in [0.3, 0.4) is 0 Å². The first-order valence-electron chi connectivity index (χ1n) is 9.49. The van der Waals surface area contributed by atoms with Crippen LogP contribution in [-0.4, -0.2) is 35.4 Å². The highest BCUT2D eigenvalue weighted by atomic mass is 35.5. The van der Waals surface area contributed by atoms with Crippen LogP contribution in [0, 0.1) is 0 Å². The fourth-order valence-electron chi connectivity index (χ4n) is 3.38. The van der Waals surface area contributed by atoms with Crippen molar-refractivity contribution >= 4 is 34.5 Å². The molecule has 4 nitrogen and oxygen atoms in total. The lowest BCUT2D eigenvalue weighted by Gasteiger charge is -2.19. The second kappa shape index (κ2) is 8.86. The van der Waals surface area contributed by atoms with Gasteiger partial charge in [-0.3, -0.25) is 4.79 Å². The van der Waals surface area contributed by atoms with Crippen molar-refractivity contribution in [3.8, 4) is 0 Å². The average molecular weight is 412 g/mol. The van der Waals surface area contributed by atoms with Gasteiger partial charge < -0.3 is 10.2 Å². The van der Waals surface area contributed by atoms with Gasteiger partial charge in [-0.25, -0.2) is 4.98 Å². The number of anilines is 1. The van der Waals surface area contributed by atoms with Crippen molar-refractivity contribution in [2.45, 2.75) is 19.3 Å². The van der Waals surface area contributed by atoms with E-state index in [1.165, 1.54) is 21.8 Å². The van der Waals surface area contributed by atoms with Crippen molar-refractivity contribution in [1.29, 1.82) is 0 Å². The monoisotopic (exact) mass is 411 g/mol. The highest BCUT2D eigenvalue weighted by Crippen LogP contribution is 2.24. The second-order valence-electron chi connectivity index (χ2n) is 6.93. The number of nitrogens with zero attached hydrogens (tertiary/aromatic N) is 2. The molecule has 0 saturated carbocycles. The zero-order valence-corrected chi connectivity index (χ0v) is 17.1. The van der Waals surface area contributed by atoms with Gasteiger partial charge >= 0.3 is 0 Å². The lowest BCUT2D eigenvalue weighted by molar-refractivity contribution is 0.102. The highest BCUT2D eigenvalue weighted by molar-refractivity contribution is 7.13. The van der Waals surface area contributed by atoms with E-state index in [1.54, 1.807) is 24.3 Å². The number of amides is 1. The lowest BCUT2D eigenvalue weighted by atomic mass is 10.1. The molecule has 3 aromatic rings. The Morgan fingerprint density at radius 3 is 2.61 bits per heavy atom. The molecule has 28 heavy (non-hydrogen) atoms. The van der Waals surface area contributed by atoms with Crippen LogP contribution in [0.2, 0.25) is 5.02 Å². The quantitative estimate of drug-likeness (QED) is 0.662. The Morgan fingerprint density at radius 2 is 1.82 bits per heavy atom. The summed E-state index contributed by atoms with van der Waals surface area (Å²) in [5.41, 5.74) is 3.18. The Morgan fingerprint density at radius 1 is 1.07 bits per heavy atom. The number of hydrogen-bond donors (Lipinski definition) is 1. The molecule has 1 amide bonds. The van der Waals surface area contributed by atoms with Gasteiger partial charge in [-0.1, -0.05) is 41.9 Å². The molecule has 0 aliphatic carbocycles. The Kier molecular flexibility index (Phi) is 6.05. The maximum Gasteiger partial charge on any atom is 0.284 e. The summed E-state index contributed by atoms with van der Waals surface area (Å²) in [5, 5.41) is 4.09. The smallest absolute Gasteiger partial charge is 0.284 e. The first-order chi connectivity index (χ1) is 13.7. The summed E-state index contributed by atoms with van der Waals surface area (Å²) in [4.78, 5) is 20.9. The number of nitrogens with one attached hydrogen (secondary N) is 1. The van der Waals surface area contributed by atoms with Gasteiger partial charge in [-0.15, -0.1) is 11.3 Å². The van der Waals surface area contributed by atoms with E-state index < -0.39 is 0 Å². The van der Waals surface area contributed by atoms with E-state index in [0.717, 1.165) is 50.3 Å². The first-order valence-corrected chi connectivity index (χ1v) is 10.7. The molecule has 1 N–H and O–H groups in total. The van der Waals surface area contributed by atoms with Crippen LogP contribution in [0.5, 0.6) is 0 Å². The highest BCUT2D eigenvalue weighted by Gasteiger charge is 2.21. The number of thiazole rings is 1. The standard InChI is InChI=1S/C22H22ClN3OS/c23-17-6-8-18(9-7-17)24-21(27)22-25-19-11-14-26(15-12-20(19)28-22)13-10-16-4-2-1-3-5-16/h1-9H,10-15H2,(H,24,27). The number of halogens is 1. The third-order valence-electron chi connectivity index (χ3n) is 4.95. The van der Waals surface area contributed by atoms with Crippen LogP contribution >= 0.6 is 22.9 Å². The molecule has 0 spiro atoms. The Bertz CT molecular complexity index is 915. The number of carbonyl (C=O) groups is 1. The molecule has 0 unspecified atom stereocenters. The molecular weight excluding hydrogens is 390 g/mol. The van der Waals surface area contributed by atoms with Crippen LogP contribution in [-0.2, 0) is 19.3 Å². The van der Waals surface area contributed by atoms with Crippen molar-refractivity contribution in [3.05, 3.63) is 80.8 Å². The molecular formula is C22H22ClN3OS. The number of hydrogen-bond acceptors (Lipinski definition) is 4. The van der Waals surface area contributed by atoms with Crippen LogP contribution in [0.4, 0.5) is 5.69 Å². The number of rotatable bonds is 5. The summed E-state index contributed by atoms with van der Waals surface area (Å²) in [5.74, 6) is -0.152. The zero-order valence-electron chi connectivity index (χ0n) is 15.5. The molecule has 2 heterocycles. The molecule has 2 aromatic carbocycles. The lowest BCUT2D eigenvalue weighted by Crippen LogP contribution is -2.28. The van der Waals surface area contributed by atoms with Crippen LogP contribution in [0.15, 0.2) is 54.6 Å². The van der Waals surface area contributed by atoms with Crippen LogP contribution < -0.4 is 5.32 Å². The van der Waals surface area contributed by atoms with Crippen molar-refractivity contribution in [2.75, 3.05) is 25.0 Å². The number of benzene rings is 2. The van der Waals surface area contributed by atoms with Gasteiger partial charge in [0.1, 0.15) is 0 Å². The fourth-order valence-corrected chi connectivity index (χ4v) is 4.50. The Hall–Kier alpha value is -2.21. The molecule has 6 heteroatoms. The van der Waals surface area contributed by atoms with Gasteiger partial charge in [0.05, 0.1) is 5.69 Å². The van der Waals surface area contributed by atoms with Crippen molar-refractivity contribution in [1.82, 2.24) is 9.88 Å². The predicted octanol–water partition coefficient (Wildman–Crippen LogP) is 4.69. The Labute approximate surface area is 174 Å². The summed E-state index contributed by atoms with van der Waals surface area (Å²) < 4.78 is 0. The van der Waals surface area contributed by atoms with E-state index >= 15 is 0 Å². The molecule has 1 aliphatic rings. The van der Waals surface area contributed by atoms with E-state index in [2.05, 4.69) is 45.5 Å². The van der Waals surface area contributed by atoms with E-state index in [4.69, 9.17) is 11.6 Å². The normalized spacial score (nSPS) is 14.3. The summed E-state index contributed by atoms with van der Waals surface area (Å²) in [7, 11) is 0. The molecule has 144 valence electrons. The predicted molar refractivity (Wildman–Crippen MR) is 116 cm³/mol. The van der Waals surface area contributed by atoms with E-state index in [0.29, 0.717) is 10.0 Å². The third kappa shape index (κ3) is 4.79. The van der Waals surface area contributed by atoms with Crippen molar-refractivity contribution in [2.24, 2.45) is 0 Å². The van der Waals surface area contributed by atoms with Crippen molar-refractivity contribution < 1.29 is 4.79 Å². The summed E-state index contributed by atoms with van der Waals surface area (Å²) in [6, 6.07) is 17.7. The number of carbonyl (C=O) groups excluding carboxylic acids is 1. The van der Waals surface area contributed by atoms with E-state index in [9.17, 15) is 4.79 Å². The zero-order chi connectivity index (χ0) is 19.3. The molecule has 1 aliphatic heterocycles. The minimum atomic E-state index is -0.152. The molecule has 0 radical (unpaired) electrons. The summed E-state index contributed by atoms with van der Waals surface area (Å²) in [6.45, 7) is 3.06. The molecule has 0 atom stereocenters. The molecule has 0 saturated heterocycles. The van der Waals surface area contributed by atoms with Crippen molar-refractivity contribution in [3.63, 3.8) is 0 Å². The average Bonchev–Trinajstić information content (AvgIpc) is 3.04. The minimum absolute atomic E-state index is 0.152. The van der Waals surface area contributed by atoms with E-state index in [-0.39, 0.29) is 5.91 Å². The number of fused-ring (bicyclic) bond motifs is 1. The SMILES string of the molecule is O=C(Nc1ccc(Cl)cc1)c1nc2c(s1)CCN(CCc1ccccc1)CC2. The number of aromatic nitrogens is 1. The summed E-state index contributed by atoms with van der Waals surface area (Å²) in [6.07, 6.45) is 2.92. The second-order valence-corrected chi connectivity index (χ2v) is 8.45. The van der Waals surface area contributed by atoms with Gasteiger partial charge in [-0.2, -0.15) is 0 Å². The van der Waals surface area contributed by atoms with E-state index in [1.807, 2.05) is 0 Å². The molecule has 4 rings (SSSR count). The Balaban J connectivity index is 1.34. The maximum absolute atomic E-state index is 12.5. The molecule has 0 bridgehead atoms. The van der Waals surface area contributed by atoms with Gasteiger partial charge in [0.15, 0.2) is 5.01 Å².